The molecule has 2 aliphatic heterocycles. The smallest absolute Gasteiger partial charge is 0.221 e. The molecule has 8 heteroatoms. The van der Waals surface area contributed by atoms with Crippen LogP contribution in [0.25, 0.3) is 0 Å². The molecule has 1 atom stereocenters. The van der Waals surface area contributed by atoms with Crippen LogP contribution in [-0.2, 0) is 14.8 Å². The van der Waals surface area contributed by atoms with E-state index in [0.29, 0.717) is 19.5 Å². The number of hydrogen-bond acceptors (Lipinski definition) is 5. The van der Waals surface area contributed by atoms with E-state index in [4.69, 9.17) is 0 Å². The minimum absolute atomic E-state index is 0.00149. The Balaban J connectivity index is 1.67. The molecule has 0 spiro atoms. The molecule has 2 heterocycles. The van der Waals surface area contributed by atoms with Crippen LogP contribution >= 0.6 is 11.8 Å². The van der Waals surface area contributed by atoms with Crippen molar-refractivity contribution in [3.8, 4) is 0 Å². The zero-order chi connectivity index (χ0) is 14.4. The van der Waals surface area contributed by atoms with E-state index in [1.54, 1.807) is 11.8 Å². The zero-order valence-electron chi connectivity index (χ0n) is 11.6. The average molecular weight is 321 g/mol. The van der Waals surface area contributed by atoms with Crippen LogP contribution in [0.3, 0.4) is 0 Å². The predicted octanol–water partition coefficient (Wildman–Crippen LogP) is -0.377. The molecule has 2 rings (SSSR count). The summed E-state index contributed by atoms with van der Waals surface area (Å²) in [7, 11) is -3.22. The van der Waals surface area contributed by atoms with Gasteiger partial charge in [0.05, 0.1) is 5.75 Å². The van der Waals surface area contributed by atoms with Crippen LogP contribution in [0.15, 0.2) is 0 Å². The third-order valence-electron chi connectivity index (χ3n) is 3.64. The Labute approximate surface area is 125 Å². The molecule has 6 nitrogen and oxygen atoms in total. The summed E-state index contributed by atoms with van der Waals surface area (Å²) in [5.74, 6) is 1.66. The van der Waals surface area contributed by atoms with Crippen molar-refractivity contribution >= 4 is 27.7 Å². The predicted molar refractivity (Wildman–Crippen MR) is 81.3 cm³/mol. The summed E-state index contributed by atoms with van der Waals surface area (Å²) in [5.41, 5.74) is 0. The first kappa shape index (κ1) is 16.1. The molecule has 0 aromatic carbocycles. The average Bonchev–Trinajstić information content (AvgIpc) is 2.92. The third-order valence-corrected chi connectivity index (χ3v) is 6.45. The maximum Gasteiger partial charge on any atom is 0.221 e. The largest absolute Gasteiger partial charge is 0.355 e. The second-order valence-electron chi connectivity index (χ2n) is 5.17. The molecule has 0 bridgehead atoms. The number of rotatable bonds is 6. The van der Waals surface area contributed by atoms with E-state index >= 15 is 0 Å². The first-order chi connectivity index (χ1) is 9.58. The minimum atomic E-state index is -3.22. The van der Waals surface area contributed by atoms with Gasteiger partial charge < -0.3 is 10.6 Å². The molecule has 2 aliphatic rings. The number of carbonyl (C=O) groups excluding carboxylic acids is 1. The van der Waals surface area contributed by atoms with Crippen LogP contribution in [0.1, 0.15) is 19.3 Å². The first-order valence-corrected chi connectivity index (χ1v) is 9.90. The molecular formula is C12H23N3O3S2. The molecule has 0 aromatic heterocycles. The minimum Gasteiger partial charge on any atom is -0.355 e. The van der Waals surface area contributed by atoms with Gasteiger partial charge in [0, 0.05) is 43.6 Å². The molecule has 0 aliphatic carbocycles. The second-order valence-corrected chi connectivity index (χ2v) is 8.49. The molecule has 1 unspecified atom stereocenters. The lowest BCUT2D eigenvalue weighted by Gasteiger charge is -2.25. The van der Waals surface area contributed by atoms with Crippen molar-refractivity contribution in [2.24, 2.45) is 0 Å². The Morgan fingerprint density at radius 1 is 1.35 bits per heavy atom. The van der Waals surface area contributed by atoms with Gasteiger partial charge in [-0.15, -0.1) is 0 Å². The summed E-state index contributed by atoms with van der Waals surface area (Å²) >= 11 is 1.78. The van der Waals surface area contributed by atoms with Gasteiger partial charge in [0.1, 0.15) is 0 Å². The zero-order valence-corrected chi connectivity index (χ0v) is 13.3. The van der Waals surface area contributed by atoms with Crippen molar-refractivity contribution < 1.29 is 13.2 Å². The van der Waals surface area contributed by atoms with Gasteiger partial charge in [0.2, 0.25) is 15.9 Å². The first-order valence-electron chi connectivity index (χ1n) is 7.13. The van der Waals surface area contributed by atoms with Crippen LogP contribution < -0.4 is 10.6 Å². The fourth-order valence-electron chi connectivity index (χ4n) is 2.50. The molecule has 20 heavy (non-hydrogen) atoms. The van der Waals surface area contributed by atoms with E-state index in [1.165, 1.54) is 4.31 Å². The van der Waals surface area contributed by atoms with Gasteiger partial charge in [0.25, 0.3) is 0 Å². The summed E-state index contributed by atoms with van der Waals surface area (Å²) in [6.07, 6.45) is 2.58. The summed E-state index contributed by atoms with van der Waals surface area (Å²) in [6, 6.07) is 0.255. The molecule has 0 saturated carbocycles. The highest BCUT2D eigenvalue weighted by Crippen LogP contribution is 2.13. The van der Waals surface area contributed by atoms with Gasteiger partial charge in [-0.2, -0.15) is 11.8 Å². The highest BCUT2D eigenvalue weighted by atomic mass is 32.2. The molecule has 0 aromatic rings. The number of nitrogens with zero attached hydrogens (tertiary/aromatic N) is 1. The molecule has 0 radical (unpaired) electrons. The second kappa shape index (κ2) is 7.63. The Hall–Kier alpha value is -0.310. The van der Waals surface area contributed by atoms with E-state index in [1.807, 2.05) is 0 Å². The standard InChI is InChI=1S/C12H23N3O3S2/c16-12(10-11-2-1-3-13-11)14-4-9-20(17,18)15-5-7-19-8-6-15/h11,13H,1-10H2,(H,14,16). The van der Waals surface area contributed by atoms with Crippen LogP contribution in [0.2, 0.25) is 0 Å². The van der Waals surface area contributed by atoms with E-state index in [2.05, 4.69) is 10.6 Å². The van der Waals surface area contributed by atoms with Crippen LogP contribution in [0, 0.1) is 0 Å². The van der Waals surface area contributed by atoms with Crippen molar-refractivity contribution in [1.82, 2.24) is 14.9 Å². The van der Waals surface area contributed by atoms with Gasteiger partial charge >= 0.3 is 0 Å². The van der Waals surface area contributed by atoms with Gasteiger partial charge in [0.15, 0.2) is 0 Å². The summed E-state index contributed by atoms with van der Waals surface area (Å²) in [6.45, 7) is 2.36. The fraction of sp³-hybridized carbons (Fsp3) is 0.917. The number of sulfonamides is 1. The number of carbonyl (C=O) groups is 1. The number of amides is 1. The molecule has 116 valence electrons. The maximum absolute atomic E-state index is 12.1. The van der Waals surface area contributed by atoms with Crippen LogP contribution in [-0.4, -0.2) is 68.1 Å². The normalized spacial score (nSPS) is 24.7. The lowest BCUT2D eigenvalue weighted by molar-refractivity contribution is -0.121. The van der Waals surface area contributed by atoms with E-state index in [0.717, 1.165) is 30.9 Å². The number of thioether (sulfide) groups is 1. The topological polar surface area (TPSA) is 78.5 Å². The maximum atomic E-state index is 12.1. The Bertz CT molecular complexity index is 416. The van der Waals surface area contributed by atoms with Crippen molar-refractivity contribution in [1.29, 1.82) is 0 Å². The number of nitrogens with one attached hydrogen (secondary N) is 2. The van der Waals surface area contributed by atoms with E-state index in [-0.39, 0.29) is 24.2 Å². The van der Waals surface area contributed by atoms with Crippen molar-refractivity contribution in [3.63, 3.8) is 0 Å². The monoisotopic (exact) mass is 321 g/mol. The van der Waals surface area contributed by atoms with Crippen LogP contribution in [0.5, 0.6) is 0 Å². The summed E-state index contributed by atoms with van der Waals surface area (Å²) < 4.78 is 25.7. The molecule has 2 saturated heterocycles. The van der Waals surface area contributed by atoms with E-state index < -0.39 is 10.0 Å². The van der Waals surface area contributed by atoms with Crippen molar-refractivity contribution in [2.75, 3.05) is 43.4 Å². The SMILES string of the molecule is O=C(CC1CCCN1)NCCS(=O)(=O)N1CCSCC1. The molecule has 2 fully saturated rings. The molecular weight excluding hydrogens is 298 g/mol. The Kier molecular flexibility index (Phi) is 6.13. The van der Waals surface area contributed by atoms with Crippen molar-refractivity contribution in [2.45, 2.75) is 25.3 Å². The van der Waals surface area contributed by atoms with Gasteiger partial charge in [-0.1, -0.05) is 0 Å². The highest BCUT2D eigenvalue weighted by molar-refractivity contribution is 7.99. The van der Waals surface area contributed by atoms with Crippen molar-refractivity contribution in [3.05, 3.63) is 0 Å². The Morgan fingerprint density at radius 3 is 2.75 bits per heavy atom. The fourth-order valence-corrected chi connectivity index (χ4v) is 4.99. The highest BCUT2D eigenvalue weighted by Gasteiger charge is 2.24. The van der Waals surface area contributed by atoms with Gasteiger partial charge in [-0.05, 0) is 19.4 Å². The lowest BCUT2D eigenvalue weighted by Crippen LogP contribution is -2.42. The molecule has 1 amide bonds. The van der Waals surface area contributed by atoms with Gasteiger partial charge in [-0.3, -0.25) is 4.79 Å². The third kappa shape index (κ3) is 4.91. The van der Waals surface area contributed by atoms with Gasteiger partial charge in [-0.25, -0.2) is 12.7 Å². The molecule has 2 N–H and O–H groups in total. The quantitative estimate of drug-likeness (QED) is 0.697. The summed E-state index contributed by atoms with van der Waals surface area (Å²) in [5, 5.41) is 5.97. The van der Waals surface area contributed by atoms with Crippen LogP contribution in [0.4, 0.5) is 0 Å². The Morgan fingerprint density at radius 2 is 2.10 bits per heavy atom. The lowest BCUT2D eigenvalue weighted by atomic mass is 10.1. The number of hydrogen-bond donors (Lipinski definition) is 2. The van der Waals surface area contributed by atoms with E-state index in [9.17, 15) is 13.2 Å². The summed E-state index contributed by atoms with van der Waals surface area (Å²) in [4.78, 5) is 11.7.